The van der Waals surface area contributed by atoms with Crippen LogP contribution in [0.2, 0.25) is 0 Å². The zero-order valence-corrected chi connectivity index (χ0v) is 12.9. The number of furan rings is 1. The van der Waals surface area contributed by atoms with Crippen LogP contribution in [0.1, 0.15) is 39.7 Å². The number of β-amino-alcohol motifs (C(OH)–C–C–N with tert-alkyl or cyclic N) is 1. The van der Waals surface area contributed by atoms with Gasteiger partial charge in [0.2, 0.25) is 0 Å². The summed E-state index contributed by atoms with van der Waals surface area (Å²) in [6.45, 7) is 1.77. The summed E-state index contributed by atoms with van der Waals surface area (Å²) < 4.78 is 43.9. The van der Waals surface area contributed by atoms with Crippen molar-refractivity contribution in [2.24, 2.45) is 0 Å². The number of rotatable bonds is 2. The Balaban J connectivity index is 1.94. The van der Waals surface area contributed by atoms with Crippen molar-refractivity contribution in [1.29, 1.82) is 0 Å². The van der Waals surface area contributed by atoms with Crippen molar-refractivity contribution in [2.75, 3.05) is 6.54 Å². The third kappa shape index (κ3) is 3.03. The maximum absolute atomic E-state index is 12.9. The molecule has 0 saturated carbocycles. The van der Waals surface area contributed by atoms with Crippen LogP contribution in [0, 0.1) is 6.92 Å². The van der Waals surface area contributed by atoms with Crippen LogP contribution in [0.3, 0.4) is 0 Å². The second kappa shape index (κ2) is 5.98. The molecule has 0 spiro atoms. The molecular formula is C17H16F3NO3. The van der Waals surface area contributed by atoms with E-state index in [2.05, 4.69) is 0 Å². The number of benzene rings is 1. The average Bonchev–Trinajstić information content (AvgIpc) is 3.12. The lowest BCUT2D eigenvalue weighted by molar-refractivity contribution is -0.137. The molecule has 24 heavy (non-hydrogen) atoms. The molecule has 1 aromatic heterocycles. The van der Waals surface area contributed by atoms with Crippen LogP contribution >= 0.6 is 0 Å². The maximum Gasteiger partial charge on any atom is 0.416 e. The highest BCUT2D eigenvalue weighted by Crippen LogP contribution is 2.37. The topological polar surface area (TPSA) is 53.7 Å². The highest BCUT2D eigenvalue weighted by Gasteiger charge is 2.38. The first-order valence-corrected chi connectivity index (χ1v) is 7.47. The summed E-state index contributed by atoms with van der Waals surface area (Å²) in [4.78, 5) is 14.0. The molecule has 3 rings (SSSR count). The van der Waals surface area contributed by atoms with E-state index >= 15 is 0 Å². The molecule has 1 aliphatic heterocycles. The molecule has 2 atom stereocenters. The number of aliphatic hydroxyl groups is 1. The van der Waals surface area contributed by atoms with E-state index in [1.165, 1.54) is 23.3 Å². The molecule has 0 unspecified atom stereocenters. The van der Waals surface area contributed by atoms with E-state index in [-0.39, 0.29) is 18.7 Å². The maximum atomic E-state index is 12.9. The third-order valence-electron chi connectivity index (χ3n) is 4.19. The van der Waals surface area contributed by atoms with Gasteiger partial charge in [-0.25, -0.2) is 0 Å². The summed E-state index contributed by atoms with van der Waals surface area (Å²) in [6, 6.07) is 5.87. The average molecular weight is 339 g/mol. The van der Waals surface area contributed by atoms with Crippen LogP contribution in [0.4, 0.5) is 13.2 Å². The van der Waals surface area contributed by atoms with Crippen molar-refractivity contribution in [3.8, 4) is 0 Å². The third-order valence-corrected chi connectivity index (χ3v) is 4.19. The molecule has 0 radical (unpaired) electrons. The van der Waals surface area contributed by atoms with Crippen LogP contribution in [0.5, 0.6) is 0 Å². The second-order valence-electron chi connectivity index (χ2n) is 5.92. The minimum atomic E-state index is -4.46. The molecule has 0 aliphatic carbocycles. The van der Waals surface area contributed by atoms with E-state index in [0.29, 0.717) is 11.1 Å². The lowest BCUT2D eigenvalue weighted by Crippen LogP contribution is -2.32. The van der Waals surface area contributed by atoms with E-state index in [0.717, 1.165) is 12.1 Å². The summed E-state index contributed by atoms with van der Waals surface area (Å²) in [5.74, 6) is -0.294. The standard InChI is InChI=1S/C17H16F3NO3/c1-10-5-6-24-15(10)16(23)21-9-13(22)8-14(21)11-3-2-4-12(7-11)17(18,19)20/h2-7,13-14,22H,8-9H2,1H3/t13-,14-/m1/s1. The van der Waals surface area contributed by atoms with E-state index in [1.807, 2.05) is 0 Å². The van der Waals surface area contributed by atoms with Gasteiger partial charge in [0, 0.05) is 12.1 Å². The van der Waals surface area contributed by atoms with Gasteiger partial charge in [0.05, 0.1) is 24.0 Å². The number of aliphatic hydroxyl groups excluding tert-OH is 1. The summed E-state index contributed by atoms with van der Waals surface area (Å²) in [5.41, 5.74) is 0.214. The fraction of sp³-hybridized carbons (Fsp3) is 0.353. The molecule has 7 heteroatoms. The van der Waals surface area contributed by atoms with E-state index < -0.39 is 29.8 Å². The van der Waals surface area contributed by atoms with Gasteiger partial charge in [0.15, 0.2) is 5.76 Å². The fourth-order valence-electron chi connectivity index (χ4n) is 3.00. The predicted molar refractivity (Wildman–Crippen MR) is 79.3 cm³/mol. The molecule has 1 N–H and O–H groups in total. The van der Waals surface area contributed by atoms with E-state index in [4.69, 9.17) is 4.42 Å². The number of amides is 1. The van der Waals surface area contributed by atoms with Crippen LogP contribution in [0.25, 0.3) is 0 Å². The molecule has 2 aromatic rings. The number of nitrogens with zero attached hydrogens (tertiary/aromatic N) is 1. The number of alkyl halides is 3. The Morgan fingerprint density at radius 3 is 2.71 bits per heavy atom. The van der Waals surface area contributed by atoms with Crippen molar-refractivity contribution in [3.05, 3.63) is 59.0 Å². The Morgan fingerprint density at radius 1 is 1.33 bits per heavy atom. The zero-order chi connectivity index (χ0) is 17.5. The minimum Gasteiger partial charge on any atom is -0.459 e. The van der Waals surface area contributed by atoms with Crippen LogP contribution < -0.4 is 0 Å². The Morgan fingerprint density at radius 2 is 2.08 bits per heavy atom. The van der Waals surface area contributed by atoms with Gasteiger partial charge in [-0.3, -0.25) is 4.79 Å². The number of carbonyl (C=O) groups excluding carboxylic acids is 1. The zero-order valence-electron chi connectivity index (χ0n) is 12.9. The first kappa shape index (κ1) is 16.6. The van der Waals surface area contributed by atoms with Gasteiger partial charge in [-0.15, -0.1) is 0 Å². The van der Waals surface area contributed by atoms with E-state index in [9.17, 15) is 23.1 Å². The lowest BCUT2D eigenvalue weighted by atomic mass is 10.0. The largest absolute Gasteiger partial charge is 0.459 e. The highest BCUT2D eigenvalue weighted by atomic mass is 19.4. The molecule has 0 bridgehead atoms. The number of hydrogen-bond acceptors (Lipinski definition) is 3. The van der Waals surface area contributed by atoms with Crippen LogP contribution in [-0.2, 0) is 6.18 Å². The van der Waals surface area contributed by atoms with Crippen molar-refractivity contribution < 1.29 is 27.5 Å². The number of likely N-dealkylation sites (tertiary alicyclic amines) is 1. The van der Waals surface area contributed by atoms with Crippen LogP contribution in [0.15, 0.2) is 41.0 Å². The molecule has 1 aliphatic rings. The number of carbonyl (C=O) groups is 1. The molecule has 1 amide bonds. The van der Waals surface area contributed by atoms with E-state index in [1.54, 1.807) is 13.0 Å². The molecule has 1 saturated heterocycles. The summed E-state index contributed by atoms with van der Waals surface area (Å²) in [6.07, 6.45) is -3.68. The van der Waals surface area contributed by atoms with Gasteiger partial charge in [0.1, 0.15) is 0 Å². The highest BCUT2D eigenvalue weighted by molar-refractivity contribution is 5.93. The Hall–Kier alpha value is -2.28. The van der Waals surface area contributed by atoms with Gasteiger partial charge < -0.3 is 14.4 Å². The smallest absolute Gasteiger partial charge is 0.416 e. The molecule has 4 nitrogen and oxygen atoms in total. The fourth-order valence-corrected chi connectivity index (χ4v) is 3.00. The predicted octanol–water partition coefficient (Wildman–Crippen LogP) is 3.55. The van der Waals surface area contributed by atoms with Gasteiger partial charge in [-0.05, 0) is 37.1 Å². The monoisotopic (exact) mass is 339 g/mol. The Kier molecular flexibility index (Phi) is 4.13. The van der Waals surface area contributed by atoms with Crippen molar-refractivity contribution in [1.82, 2.24) is 4.90 Å². The lowest BCUT2D eigenvalue weighted by Gasteiger charge is -2.24. The van der Waals surface area contributed by atoms with Gasteiger partial charge >= 0.3 is 6.18 Å². The minimum absolute atomic E-state index is 0.0554. The Bertz CT molecular complexity index is 754. The SMILES string of the molecule is Cc1ccoc1C(=O)N1C[C@H](O)C[C@@H]1c1cccc(C(F)(F)F)c1. The Labute approximate surface area is 136 Å². The quantitative estimate of drug-likeness (QED) is 0.910. The van der Waals surface area contributed by atoms with Gasteiger partial charge in [-0.1, -0.05) is 12.1 Å². The number of halogens is 3. The van der Waals surface area contributed by atoms with Crippen LogP contribution in [-0.4, -0.2) is 28.6 Å². The summed E-state index contributed by atoms with van der Waals surface area (Å²) >= 11 is 0. The molecule has 128 valence electrons. The first-order valence-electron chi connectivity index (χ1n) is 7.47. The molecular weight excluding hydrogens is 323 g/mol. The van der Waals surface area contributed by atoms with Gasteiger partial charge in [-0.2, -0.15) is 13.2 Å². The normalized spacial score (nSPS) is 21.3. The summed E-state index contributed by atoms with van der Waals surface area (Å²) in [5, 5.41) is 9.93. The summed E-state index contributed by atoms with van der Waals surface area (Å²) in [7, 11) is 0. The first-order chi connectivity index (χ1) is 11.3. The second-order valence-corrected chi connectivity index (χ2v) is 5.92. The van der Waals surface area contributed by atoms with Crippen molar-refractivity contribution >= 4 is 5.91 Å². The molecule has 1 fully saturated rings. The van der Waals surface area contributed by atoms with Crippen molar-refractivity contribution in [3.63, 3.8) is 0 Å². The number of hydrogen-bond donors (Lipinski definition) is 1. The number of aryl methyl sites for hydroxylation is 1. The van der Waals surface area contributed by atoms with Crippen molar-refractivity contribution in [2.45, 2.75) is 31.7 Å². The van der Waals surface area contributed by atoms with Gasteiger partial charge in [0.25, 0.3) is 5.91 Å². The molecule has 2 heterocycles. The molecule has 1 aromatic carbocycles.